The van der Waals surface area contributed by atoms with Gasteiger partial charge in [0.2, 0.25) is 0 Å². The number of amides is 1. The molecule has 1 amide bonds. The number of carboxylic acid groups (broad SMARTS) is 1. The second-order valence-electron chi connectivity index (χ2n) is 31.7. The minimum atomic E-state index is -1.37. The maximum Gasteiger partial charge on any atom is 0.480 e. The number of benzene rings is 10. The SMILES string of the molecule is CC(C)(C)OC(=O)c1ccc(/C=C/c2ccccc2)cc1.CC(C)(C)OC(=O)c1ccc(Br)cc1.CC(C)(C)OC(=O)c1ccc(CCc2ccccc2)cc1.Cc1cc(C)c(CN)c(=O)[nH]1.Cc1cc(C)c(CNC(=O)c2ccc(CCc3ccccc3)cc2)c(=O)[nH]1.O=C(O)c1ccc(CCc2ccccc2)cc1.OB(O)/C=C/c1ccccc1. The molecule has 0 unspecified atom stereocenters. The summed E-state index contributed by atoms with van der Waals surface area (Å²) in [6, 6.07) is 91.3. The Morgan fingerprint density at radius 3 is 0.975 bits per heavy atom. The lowest BCUT2D eigenvalue weighted by Gasteiger charge is -2.19. The topological polar surface area (TPSA) is 278 Å². The standard InChI is InChI=1S/C23H24N2O2.C19H22O2.C19H20O2.C15H14O2.C11H13BrO2.C8H9BO2.C8H12N2O/c1-16-14-17(2)25-23(27)21(16)15-24-22(26)20-12-10-19(11-13-20)9-8-18-6-4-3-5-7-18;2*1-19(2,3)21-18(20)17-13-11-16(12-14-17)10-9-15-7-5-4-6-8-15;16-15(17)14-10-8-13(9-11-14)7-6-12-4-2-1-3-5-12;1-11(2,3)14-10(13)8-4-6-9(12)7-5-8;10-9(11)7-6-8-4-2-1-3-5-8;1-5-3-6(2)10-8(11)7(5)4-9/h3-7,10-14H,8-9,15H2,1-2H3,(H,24,26)(H,25,27);4-8,11-14H,9-10H2,1-3H3;4-14H,1-3H3;1-5,8-11H,6-7H2,(H,16,17);4-7H,1-3H3;1-7,10-11H;3H,4,9H2,1-2H3,(H,10,11)/b;;10-9+;;;7-6+;. The van der Waals surface area contributed by atoms with Gasteiger partial charge in [-0.15, -0.1) is 0 Å². The predicted molar refractivity (Wildman–Crippen MR) is 497 cm³/mol. The molecule has 0 aliphatic rings. The van der Waals surface area contributed by atoms with Gasteiger partial charge < -0.3 is 50.4 Å². The number of carbonyl (C=O) groups is 5. The van der Waals surface area contributed by atoms with E-state index in [1.807, 2.05) is 302 Å². The Bertz CT molecular complexity index is 5380. The van der Waals surface area contributed by atoms with Gasteiger partial charge in [-0.25, -0.2) is 19.2 Å². The van der Waals surface area contributed by atoms with Crippen LogP contribution in [-0.4, -0.2) is 78.8 Å². The van der Waals surface area contributed by atoms with E-state index in [0.717, 1.165) is 82.2 Å². The van der Waals surface area contributed by atoms with Crippen LogP contribution < -0.4 is 22.2 Å². The van der Waals surface area contributed by atoms with Crippen LogP contribution in [0.4, 0.5) is 0 Å². The third-order valence-electron chi connectivity index (χ3n) is 17.8. The van der Waals surface area contributed by atoms with Gasteiger partial charge in [0, 0.05) is 45.6 Å². The van der Waals surface area contributed by atoms with Gasteiger partial charge in [0.25, 0.3) is 17.0 Å². The number of halogens is 1. The third kappa shape index (κ3) is 39.0. The lowest BCUT2D eigenvalue weighted by molar-refractivity contribution is 0.00570. The van der Waals surface area contributed by atoms with Crippen molar-refractivity contribution < 1.29 is 53.3 Å². The van der Waals surface area contributed by atoms with Crippen molar-refractivity contribution in [2.45, 2.75) is 158 Å². The molecule has 122 heavy (non-hydrogen) atoms. The zero-order valence-electron chi connectivity index (χ0n) is 72.1. The van der Waals surface area contributed by atoms with E-state index in [2.05, 4.69) is 79.7 Å². The number of esters is 3. The molecular formula is C103H114BBrN4O13. The molecule has 0 atom stereocenters. The van der Waals surface area contributed by atoms with Crippen LogP contribution in [0.25, 0.3) is 18.2 Å². The number of H-pyrrole nitrogens is 2. The largest absolute Gasteiger partial charge is 0.480 e. The van der Waals surface area contributed by atoms with E-state index in [-0.39, 0.29) is 41.5 Å². The zero-order valence-corrected chi connectivity index (χ0v) is 73.6. The molecule has 17 nitrogen and oxygen atoms in total. The van der Waals surface area contributed by atoms with Crippen LogP contribution in [0.5, 0.6) is 0 Å². The number of aromatic carboxylic acids is 1. The molecule has 0 spiro atoms. The average Bonchev–Trinajstić information content (AvgIpc) is 0.844. The molecule has 0 radical (unpaired) electrons. The maximum atomic E-state index is 12.4. The molecule has 0 bridgehead atoms. The Morgan fingerprint density at radius 2 is 0.664 bits per heavy atom. The summed E-state index contributed by atoms with van der Waals surface area (Å²) < 4.78 is 16.8. The number of aryl methyl sites for hydroxylation is 10. The van der Waals surface area contributed by atoms with E-state index in [9.17, 15) is 33.6 Å². The van der Waals surface area contributed by atoms with Crippen LogP contribution in [0, 0.1) is 27.7 Å². The summed E-state index contributed by atoms with van der Waals surface area (Å²) in [6.45, 7) is 24.8. The highest BCUT2D eigenvalue weighted by atomic mass is 79.9. The number of pyridine rings is 2. The van der Waals surface area contributed by atoms with Crippen molar-refractivity contribution in [3.05, 3.63) is 428 Å². The Kier molecular flexibility index (Phi) is 40.6. The van der Waals surface area contributed by atoms with Gasteiger partial charge >= 0.3 is 31.0 Å². The van der Waals surface area contributed by atoms with Crippen LogP contribution >= 0.6 is 15.9 Å². The maximum absolute atomic E-state index is 12.4. The monoisotopic (exact) mass is 1700 g/mol. The molecule has 0 fully saturated rings. The van der Waals surface area contributed by atoms with E-state index < -0.39 is 29.9 Å². The Hall–Kier alpha value is -12.6. The van der Waals surface area contributed by atoms with Gasteiger partial charge in [0.1, 0.15) is 16.8 Å². The third-order valence-corrected chi connectivity index (χ3v) is 18.3. The summed E-state index contributed by atoms with van der Waals surface area (Å²) in [7, 11) is -1.37. The summed E-state index contributed by atoms with van der Waals surface area (Å²) >= 11 is 3.30. The molecule has 634 valence electrons. The molecule has 0 saturated carbocycles. The molecule has 0 aliphatic heterocycles. The van der Waals surface area contributed by atoms with E-state index in [1.165, 1.54) is 39.4 Å². The van der Waals surface area contributed by atoms with Gasteiger partial charge in [-0.1, -0.05) is 240 Å². The molecule has 12 aromatic rings. The molecular weight excluding hydrogens is 1590 g/mol. The molecule has 19 heteroatoms. The molecule has 2 heterocycles. The number of hydrogen-bond acceptors (Lipinski definition) is 13. The zero-order chi connectivity index (χ0) is 89.2. The van der Waals surface area contributed by atoms with Crippen molar-refractivity contribution in [1.82, 2.24) is 15.3 Å². The molecule has 8 N–H and O–H groups in total. The summed E-state index contributed by atoms with van der Waals surface area (Å²) in [5.41, 5.74) is 22.0. The fraction of sp³-hybridized carbons (Fsp3) is 0.233. The molecule has 12 rings (SSSR count). The molecule has 2 aromatic heterocycles. The van der Waals surface area contributed by atoms with Crippen molar-refractivity contribution in [1.29, 1.82) is 0 Å². The summed E-state index contributed by atoms with van der Waals surface area (Å²) in [4.78, 5) is 87.1. The first-order chi connectivity index (χ1) is 58.0. The second kappa shape index (κ2) is 50.4. The van der Waals surface area contributed by atoms with Crippen molar-refractivity contribution in [3.8, 4) is 0 Å². The number of carbonyl (C=O) groups excluding carboxylic acids is 4. The quantitative estimate of drug-likeness (QED) is 0.0153. The fourth-order valence-corrected chi connectivity index (χ4v) is 11.9. The highest BCUT2D eigenvalue weighted by Gasteiger charge is 2.21. The summed E-state index contributed by atoms with van der Waals surface area (Å²) in [5.74, 6) is -0.582. The predicted octanol–water partition coefficient (Wildman–Crippen LogP) is 20.7. The number of aromatic nitrogens is 2. The first kappa shape index (κ1) is 98.2. The summed E-state index contributed by atoms with van der Waals surface area (Å²) in [6.07, 6.45) is 11.5. The second-order valence-corrected chi connectivity index (χ2v) is 32.6. The lowest BCUT2D eigenvalue weighted by Crippen LogP contribution is -2.27. The van der Waals surface area contributed by atoms with Crippen LogP contribution in [0.15, 0.2) is 305 Å². The van der Waals surface area contributed by atoms with Crippen LogP contribution in [0.2, 0.25) is 0 Å². The van der Waals surface area contributed by atoms with Crippen molar-refractivity contribution in [2.24, 2.45) is 5.73 Å². The summed E-state index contributed by atoms with van der Waals surface area (Å²) in [5, 5.41) is 28.6. The number of aromatic amines is 2. The minimum absolute atomic E-state index is 0.0648. The fourth-order valence-electron chi connectivity index (χ4n) is 11.6. The van der Waals surface area contributed by atoms with Crippen LogP contribution in [0.3, 0.4) is 0 Å². The van der Waals surface area contributed by atoms with E-state index >= 15 is 0 Å². The first-order valence-electron chi connectivity index (χ1n) is 40.4. The van der Waals surface area contributed by atoms with Gasteiger partial charge in [-0.2, -0.15) is 0 Å². The van der Waals surface area contributed by atoms with Gasteiger partial charge in [-0.3, -0.25) is 14.4 Å². The average molecular weight is 1710 g/mol. The minimum Gasteiger partial charge on any atom is -0.478 e. The number of ether oxygens (including phenoxy) is 3. The Balaban J connectivity index is 0.000000225. The van der Waals surface area contributed by atoms with Gasteiger partial charge in [-0.05, 0) is 275 Å². The number of carboxylic acids is 1. The number of nitrogens with two attached hydrogens (primary N) is 1. The number of hydrogen-bond donors (Lipinski definition) is 7. The van der Waals surface area contributed by atoms with E-state index in [0.29, 0.717) is 45.5 Å². The highest BCUT2D eigenvalue weighted by Crippen LogP contribution is 2.20. The van der Waals surface area contributed by atoms with Crippen LogP contribution in [-0.2, 0) is 65.8 Å². The van der Waals surface area contributed by atoms with E-state index in [4.69, 9.17) is 35.1 Å². The van der Waals surface area contributed by atoms with Crippen molar-refractivity contribution >= 4 is 71.1 Å². The number of rotatable bonds is 21. The van der Waals surface area contributed by atoms with Crippen molar-refractivity contribution in [3.63, 3.8) is 0 Å². The van der Waals surface area contributed by atoms with Crippen LogP contribution in [0.1, 0.15) is 198 Å². The Labute approximate surface area is 727 Å². The first-order valence-corrected chi connectivity index (χ1v) is 41.1. The number of nitrogens with one attached hydrogen (secondary N) is 3. The molecule has 0 saturated heterocycles. The normalized spacial score (nSPS) is 10.8. The van der Waals surface area contributed by atoms with Crippen molar-refractivity contribution in [2.75, 3.05) is 0 Å². The Morgan fingerprint density at radius 1 is 0.385 bits per heavy atom. The smallest absolute Gasteiger partial charge is 0.478 e. The molecule has 10 aromatic carbocycles. The van der Waals surface area contributed by atoms with Gasteiger partial charge in [0.05, 0.1) is 22.3 Å². The van der Waals surface area contributed by atoms with E-state index in [1.54, 1.807) is 42.5 Å². The molecule has 0 aliphatic carbocycles. The highest BCUT2D eigenvalue weighted by molar-refractivity contribution is 9.10. The lowest BCUT2D eigenvalue weighted by atomic mass is 9.91. The van der Waals surface area contributed by atoms with Gasteiger partial charge in [0.15, 0.2) is 0 Å².